The summed E-state index contributed by atoms with van der Waals surface area (Å²) in [4.78, 5) is 11.4. The first kappa shape index (κ1) is 13.5. The SMILES string of the molecule is CCOCCOCC(=O)Nc1ccc(N)cc1. The summed E-state index contributed by atoms with van der Waals surface area (Å²) in [5, 5.41) is 2.70. The Morgan fingerprint density at radius 3 is 2.53 bits per heavy atom. The fraction of sp³-hybridized carbons (Fsp3) is 0.417. The maximum atomic E-state index is 11.4. The molecule has 0 bridgehead atoms. The van der Waals surface area contributed by atoms with Crippen LogP contribution in [0.25, 0.3) is 0 Å². The minimum absolute atomic E-state index is 0.0252. The largest absolute Gasteiger partial charge is 0.399 e. The van der Waals surface area contributed by atoms with E-state index in [1.54, 1.807) is 24.3 Å². The molecule has 0 aliphatic heterocycles. The minimum atomic E-state index is -0.189. The van der Waals surface area contributed by atoms with Crippen molar-refractivity contribution in [1.29, 1.82) is 0 Å². The summed E-state index contributed by atoms with van der Waals surface area (Å²) >= 11 is 0. The molecule has 5 heteroatoms. The van der Waals surface area contributed by atoms with Crippen molar-refractivity contribution in [3.05, 3.63) is 24.3 Å². The van der Waals surface area contributed by atoms with E-state index in [0.717, 1.165) is 0 Å². The fourth-order valence-corrected chi connectivity index (χ4v) is 1.19. The maximum Gasteiger partial charge on any atom is 0.250 e. The van der Waals surface area contributed by atoms with Crippen LogP contribution < -0.4 is 11.1 Å². The third-order valence-corrected chi connectivity index (χ3v) is 2.00. The molecule has 0 spiro atoms. The topological polar surface area (TPSA) is 73.6 Å². The van der Waals surface area contributed by atoms with Crippen molar-refractivity contribution in [1.82, 2.24) is 0 Å². The highest BCUT2D eigenvalue weighted by atomic mass is 16.5. The van der Waals surface area contributed by atoms with E-state index < -0.39 is 0 Å². The Balaban J connectivity index is 2.18. The number of carbonyl (C=O) groups is 1. The van der Waals surface area contributed by atoms with Gasteiger partial charge in [0.15, 0.2) is 0 Å². The van der Waals surface area contributed by atoms with Crippen LogP contribution in [0.15, 0.2) is 24.3 Å². The average molecular weight is 238 g/mol. The van der Waals surface area contributed by atoms with Gasteiger partial charge in [-0.1, -0.05) is 0 Å². The molecule has 5 nitrogen and oxygen atoms in total. The second-order valence-corrected chi connectivity index (χ2v) is 3.42. The molecule has 0 radical (unpaired) electrons. The third kappa shape index (κ3) is 5.89. The van der Waals surface area contributed by atoms with E-state index in [1.165, 1.54) is 0 Å². The number of nitrogens with one attached hydrogen (secondary N) is 1. The summed E-state index contributed by atoms with van der Waals surface area (Å²) in [5.74, 6) is -0.189. The molecule has 3 N–H and O–H groups in total. The number of carbonyl (C=O) groups excluding carboxylic acids is 1. The summed E-state index contributed by atoms with van der Waals surface area (Å²) in [6.45, 7) is 3.51. The van der Waals surface area contributed by atoms with Gasteiger partial charge in [0.1, 0.15) is 6.61 Å². The number of nitrogen functional groups attached to an aromatic ring is 1. The summed E-state index contributed by atoms with van der Waals surface area (Å²) in [7, 11) is 0. The van der Waals surface area contributed by atoms with Crippen LogP contribution in [-0.4, -0.2) is 32.3 Å². The van der Waals surface area contributed by atoms with Crippen LogP contribution in [0.1, 0.15) is 6.92 Å². The molecule has 0 aliphatic carbocycles. The van der Waals surface area contributed by atoms with Crippen molar-refractivity contribution >= 4 is 17.3 Å². The first-order chi connectivity index (χ1) is 8.22. The zero-order chi connectivity index (χ0) is 12.5. The number of hydrogen-bond acceptors (Lipinski definition) is 4. The molecule has 1 rings (SSSR count). The number of rotatable bonds is 7. The minimum Gasteiger partial charge on any atom is -0.399 e. The molecule has 0 saturated heterocycles. The molecule has 1 aromatic rings. The molecule has 1 amide bonds. The van der Waals surface area contributed by atoms with Crippen molar-refractivity contribution in [2.45, 2.75) is 6.92 Å². The van der Waals surface area contributed by atoms with Crippen molar-refractivity contribution in [3.63, 3.8) is 0 Å². The number of hydrogen-bond donors (Lipinski definition) is 2. The van der Waals surface area contributed by atoms with Gasteiger partial charge in [-0.05, 0) is 31.2 Å². The van der Waals surface area contributed by atoms with E-state index >= 15 is 0 Å². The normalized spacial score (nSPS) is 10.2. The second kappa shape index (κ2) is 7.65. The lowest BCUT2D eigenvalue weighted by atomic mass is 10.3. The van der Waals surface area contributed by atoms with Crippen molar-refractivity contribution in [2.24, 2.45) is 0 Å². The van der Waals surface area contributed by atoms with Crippen LogP contribution in [0.4, 0.5) is 11.4 Å². The number of ether oxygens (including phenoxy) is 2. The van der Waals surface area contributed by atoms with E-state index in [0.29, 0.717) is 31.2 Å². The summed E-state index contributed by atoms with van der Waals surface area (Å²) in [6.07, 6.45) is 0. The Hall–Kier alpha value is -1.59. The van der Waals surface area contributed by atoms with Crippen LogP contribution >= 0.6 is 0 Å². The Labute approximate surface area is 101 Å². The first-order valence-electron chi connectivity index (χ1n) is 5.53. The lowest BCUT2D eigenvalue weighted by molar-refractivity contribution is -0.121. The summed E-state index contributed by atoms with van der Waals surface area (Å²) in [6, 6.07) is 6.94. The van der Waals surface area contributed by atoms with E-state index in [1.807, 2.05) is 6.92 Å². The van der Waals surface area contributed by atoms with E-state index in [4.69, 9.17) is 15.2 Å². The highest BCUT2D eigenvalue weighted by Gasteiger charge is 2.01. The van der Waals surface area contributed by atoms with Crippen molar-refractivity contribution in [3.8, 4) is 0 Å². The van der Waals surface area contributed by atoms with Crippen molar-refractivity contribution in [2.75, 3.05) is 37.5 Å². The average Bonchev–Trinajstić information content (AvgIpc) is 2.32. The molecule has 0 atom stereocenters. The molecular weight excluding hydrogens is 220 g/mol. The van der Waals surface area contributed by atoms with Gasteiger partial charge in [-0.2, -0.15) is 0 Å². The third-order valence-electron chi connectivity index (χ3n) is 2.00. The van der Waals surface area contributed by atoms with Gasteiger partial charge in [0.25, 0.3) is 0 Å². The van der Waals surface area contributed by atoms with Crippen molar-refractivity contribution < 1.29 is 14.3 Å². The Kier molecular flexibility index (Phi) is 6.06. The van der Waals surface area contributed by atoms with Crippen LogP contribution in [0.5, 0.6) is 0 Å². The van der Waals surface area contributed by atoms with Gasteiger partial charge in [-0.3, -0.25) is 4.79 Å². The molecule has 17 heavy (non-hydrogen) atoms. The molecule has 0 heterocycles. The highest BCUT2D eigenvalue weighted by Crippen LogP contribution is 2.09. The van der Waals surface area contributed by atoms with Crippen LogP contribution in [-0.2, 0) is 14.3 Å². The quantitative estimate of drug-likeness (QED) is 0.554. The monoisotopic (exact) mass is 238 g/mol. The van der Waals surface area contributed by atoms with Gasteiger partial charge in [-0.15, -0.1) is 0 Å². The molecule has 0 saturated carbocycles. The first-order valence-corrected chi connectivity index (χ1v) is 5.53. The predicted octanol–water partition coefficient (Wildman–Crippen LogP) is 1.26. The van der Waals surface area contributed by atoms with Crippen LogP contribution in [0.2, 0.25) is 0 Å². The van der Waals surface area contributed by atoms with Gasteiger partial charge in [0, 0.05) is 18.0 Å². The Morgan fingerprint density at radius 1 is 1.24 bits per heavy atom. The highest BCUT2D eigenvalue weighted by molar-refractivity contribution is 5.91. The summed E-state index contributed by atoms with van der Waals surface area (Å²) in [5.41, 5.74) is 6.90. The number of nitrogens with two attached hydrogens (primary N) is 1. The molecular formula is C12H18N2O3. The van der Waals surface area contributed by atoms with E-state index in [2.05, 4.69) is 5.32 Å². The Bertz CT molecular complexity index is 338. The second-order valence-electron chi connectivity index (χ2n) is 3.42. The molecule has 1 aromatic carbocycles. The van der Waals surface area contributed by atoms with E-state index in [-0.39, 0.29) is 12.5 Å². The molecule has 0 aliphatic rings. The number of amides is 1. The van der Waals surface area contributed by atoms with E-state index in [9.17, 15) is 4.79 Å². The summed E-state index contributed by atoms with van der Waals surface area (Å²) < 4.78 is 10.2. The maximum absolute atomic E-state index is 11.4. The molecule has 94 valence electrons. The molecule has 0 fully saturated rings. The smallest absolute Gasteiger partial charge is 0.250 e. The van der Waals surface area contributed by atoms with Gasteiger partial charge >= 0.3 is 0 Å². The lowest BCUT2D eigenvalue weighted by Gasteiger charge is -2.06. The van der Waals surface area contributed by atoms with Crippen LogP contribution in [0.3, 0.4) is 0 Å². The predicted molar refractivity (Wildman–Crippen MR) is 66.8 cm³/mol. The van der Waals surface area contributed by atoms with Gasteiger partial charge in [0.05, 0.1) is 13.2 Å². The molecule has 0 aromatic heterocycles. The molecule has 0 unspecified atom stereocenters. The van der Waals surface area contributed by atoms with Gasteiger partial charge in [0.2, 0.25) is 5.91 Å². The number of benzene rings is 1. The van der Waals surface area contributed by atoms with Crippen LogP contribution in [0, 0.1) is 0 Å². The Morgan fingerprint density at radius 2 is 1.88 bits per heavy atom. The fourth-order valence-electron chi connectivity index (χ4n) is 1.19. The lowest BCUT2D eigenvalue weighted by Crippen LogP contribution is -2.19. The zero-order valence-electron chi connectivity index (χ0n) is 9.94. The number of anilines is 2. The van der Waals surface area contributed by atoms with Gasteiger partial charge < -0.3 is 20.5 Å². The zero-order valence-corrected chi connectivity index (χ0v) is 9.94. The van der Waals surface area contributed by atoms with Gasteiger partial charge in [-0.25, -0.2) is 0 Å². The standard InChI is InChI=1S/C12H18N2O3/c1-2-16-7-8-17-9-12(15)14-11-5-3-10(13)4-6-11/h3-6H,2,7-9,13H2,1H3,(H,14,15).